The van der Waals surface area contributed by atoms with E-state index in [1.54, 1.807) is 0 Å². The number of aromatic nitrogens is 4. The molecule has 0 aliphatic carbocycles. The fourth-order valence-corrected chi connectivity index (χ4v) is 3.00. The molecule has 0 fully saturated rings. The van der Waals surface area contributed by atoms with Gasteiger partial charge < -0.3 is 4.90 Å². The van der Waals surface area contributed by atoms with Gasteiger partial charge >= 0.3 is 0 Å². The largest absolute Gasteiger partial charge is 0.352 e. The third-order valence-corrected chi connectivity index (χ3v) is 3.88. The van der Waals surface area contributed by atoms with Crippen LogP contribution in [0.3, 0.4) is 0 Å². The molecule has 3 rings (SSSR count). The van der Waals surface area contributed by atoms with E-state index in [1.807, 2.05) is 19.2 Å². The van der Waals surface area contributed by atoms with Crippen molar-refractivity contribution in [1.82, 2.24) is 19.7 Å². The maximum Gasteiger partial charge on any atom is 0.134 e. The quantitative estimate of drug-likeness (QED) is 0.760. The highest BCUT2D eigenvalue weighted by Crippen LogP contribution is 2.27. The summed E-state index contributed by atoms with van der Waals surface area (Å²) >= 11 is 6.04. The summed E-state index contributed by atoms with van der Waals surface area (Å²) in [5.41, 5.74) is 2.61. The summed E-state index contributed by atoms with van der Waals surface area (Å²) in [4.78, 5) is 10.8. The van der Waals surface area contributed by atoms with Gasteiger partial charge in [-0.2, -0.15) is 5.10 Å². The smallest absolute Gasteiger partial charge is 0.134 e. The summed E-state index contributed by atoms with van der Waals surface area (Å²) in [5.74, 6) is 1.59. The van der Waals surface area contributed by atoms with Gasteiger partial charge in [0.1, 0.15) is 16.8 Å². The summed E-state index contributed by atoms with van der Waals surface area (Å²) < 4.78 is 2.14. The van der Waals surface area contributed by atoms with Crippen LogP contribution in [0.2, 0.25) is 5.15 Å². The number of hydrogen-bond acceptors (Lipinski definition) is 4. The Hall–Kier alpha value is -1.62. The minimum atomic E-state index is 0.0184. The lowest BCUT2D eigenvalue weighted by Gasteiger charge is -2.31. The number of nitrogens with zero attached hydrogens (tertiary/aromatic N) is 5. The average molecular weight is 306 g/mol. The Bertz CT molecular complexity index is 651. The van der Waals surface area contributed by atoms with Crippen LogP contribution in [-0.2, 0) is 18.5 Å². The second-order valence-corrected chi connectivity index (χ2v) is 6.85. The highest BCUT2D eigenvalue weighted by Gasteiger charge is 2.26. The zero-order valence-corrected chi connectivity index (χ0v) is 13.6. The van der Waals surface area contributed by atoms with E-state index in [4.69, 9.17) is 11.6 Å². The molecule has 0 aromatic carbocycles. The van der Waals surface area contributed by atoms with Crippen molar-refractivity contribution in [1.29, 1.82) is 0 Å². The Balaban J connectivity index is 1.90. The normalized spacial score (nSPS) is 15.2. The Labute approximate surface area is 130 Å². The monoisotopic (exact) mass is 305 g/mol. The molecule has 0 atom stereocenters. The van der Waals surface area contributed by atoms with Crippen molar-refractivity contribution in [3.8, 4) is 0 Å². The number of anilines is 1. The van der Waals surface area contributed by atoms with Gasteiger partial charge in [-0.3, -0.25) is 4.68 Å². The molecular formula is C15H20ClN5. The molecular weight excluding hydrogens is 286 g/mol. The van der Waals surface area contributed by atoms with Crippen molar-refractivity contribution in [3.05, 3.63) is 34.5 Å². The van der Waals surface area contributed by atoms with Gasteiger partial charge in [0.15, 0.2) is 0 Å². The topological polar surface area (TPSA) is 46.8 Å². The standard InChI is InChI=1S/C15H20ClN5/c1-10-18-13(16)7-14(19-10)20-6-5-12-11(9-20)8-17-21(12)15(2,3)4/h7-8H,5-6,9H2,1-4H3. The first-order valence-electron chi connectivity index (χ1n) is 7.17. The van der Waals surface area contributed by atoms with Crippen LogP contribution in [0.25, 0.3) is 0 Å². The third-order valence-electron chi connectivity index (χ3n) is 3.69. The lowest BCUT2D eigenvalue weighted by molar-refractivity contribution is 0.341. The van der Waals surface area contributed by atoms with Gasteiger partial charge in [0.2, 0.25) is 0 Å². The van der Waals surface area contributed by atoms with E-state index < -0.39 is 0 Å². The molecule has 1 aliphatic rings. The molecule has 5 nitrogen and oxygen atoms in total. The number of fused-ring (bicyclic) bond motifs is 1. The minimum Gasteiger partial charge on any atom is -0.352 e. The zero-order valence-electron chi connectivity index (χ0n) is 12.9. The number of rotatable bonds is 1. The van der Waals surface area contributed by atoms with Gasteiger partial charge in [0.05, 0.1) is 11.7 Å². The van der Waals surface area contributed by atoms with Gasteiger partial charge in [0.25, 0.3) is 0 Å². The van der Waals surface area contributed by atoms with E-state index in [0.29, 0.717) is 11.0 Å². The van der Waals surface area contributed by atoms with Crippen LogP contribution in [0.15, 0.2) is 12.3 Å². The molecule has 3 heterocycles. The van der Waals surface area contributed by atoms with Crippen LogP contribution >= 0.6 is 11.6 Å². The van der Waals surface area contributed by atoms with Gasteiger partial charge in [-0.25, -0.2) is 9.97 Å². The molecule has 0 spiro atoms. The van der Waals surface area contributed by atoms with Crippen molar-refractivity contribution < 1.29 is 0 Å². The van der Waals surface area contributed by atoms with E-state index in [0.717, 1.165) is 25.3 Å². The maximum absolute atomic E-state index is 6.04. The molecule has 0 bridgehead atoms. The molecule has 0 amide bonds. The molecule has 1 aliphatic heterocycles. The molecule has 0 unspecified atom stereocenters. The summed E-state index contributed by atoms with van der Waals surface area (Å²) in [6, 6.07) is 1.83. The fraction of sp³-hybridized carbons (Fsp3) is 0.533. The molecule has 6 heteroatoms. The molecule has 0 radical (unpaired) electrons. The second-order valence-electron chi connectivity index (χ2n) is 6.47. The van der Waals surface area contributed by atoms with Crippen molar-refractivity contribution in [2.75, 3.05) is 11.4 Å². The molecule has 2 aromatic heterocycles. The SMILES string of the molecule is Cc1nc(Cl)cc(N2CCc3c(cnn3C(C)(C)C)C2)n1. The number of aryl methyl sites for hydroxylation is 1. The Morgan fingerprint density at radius 2 is 2.00 bits per heavy atom. The van der Waals surface area contributed by atoms with Crippen LogP contribution in [0.1, 0.15) is 37.9 Å². The predicted octanol–water partition coefficient (Wildman–Crippen LogP) is 2.95. The van der Waals surface area contributed by atoms with Gasteiger partial charge in [-0.15, -0.1) is 0 Å². The molecule has 21 heavy (non-hydrogen) atoms. The third kappa shape index (κ3) is 2.75. The lowest BCUT2D eigenvalue weighted by atomic mass is 10.0. The maximum atomic E-state index is 6.04. The summed E-state index contributed by atoms with van der Waals surface area (Å²) in [6.45, 7) is 10.1. The molecule has 0 saturated heterocycles. The van der Waals surface area contributed by atoms with E-state index in [2.05, 4.69) is 45.4 Å². The fourth-order valence-electron chi connectivity index (χ4n) is 2.78. The van der Waals surface area contributed by atoms with E-state index >= 15 is 0 Å². The van der Waals surface area contributed by atoms with Crippen molar-refractivity contribution >= 4 is 17.4 Å². The first-order chi connectivity index (χ1) is 9.84. The summed E-state index contributed by atoms with van der Waals surface area (Å²) in [7, 11) is 0. The molecule has 0 N–H and O–H groups in total. The highest BCUT2D eigenvalue weighted by molar-refractivity contribution is 6.29. The minimum absolute atomic E-state index is 0.0184. The Morgan fingerprint density at radius 3 is 2.67 bits per heavy atom. The first kappa shape index (κ1) is 14.3. The average Bonchev–Trinajstić information content (AvgIpc) is 2.80. The van der Waals surface area contributed by atoms with Crippen LogP contribution in [0.4, 0.5) is 5.82 Å². The Morgan fingerprint density at radius 1 is 1.24 bits per heavy atom. The van der Waals surface area contributed by atoms with Gasteiger partial charge in [-0.05, 0) is 27.7 Å². The van der Waals surface area contributed by atoms with E-state index in [-0.39, 0.29) is 5.54 Å². The predicted molar refractivity (Wildman–Crippen MR) is 83.8 cm³/mol. The highest BCUT2D eigenvalue weighted by atomic mass is 35.5. The number of hydrogen-bond donors (Lipinski definition) is 0. The second kappa shape index (κ2) is 4.98. The van der Waals surface area contributed by atoms with Crippen LogP contribution in [0, 0.1) is 6.92 Å². The Kier molecular flexibility index (Phi) is 3.40. The van der Waals surface area contributed by atoms with Gasteiger partial charge in [-0.1, -0.05) is 11.6 Å². The number of halogens is 1. The van der Waals surface area contributed by atoms with Crippen LogP contribution in [0.5, 0.6) is 0 Å². The van der Waals surface area contributed by atoms with Gasteiger partial charge in [0, 0.05) is 36.8 Å². The van der Waals surface area contributed by atoms with E-state index in [1.165, 1.54) is 11.3 Å². The molecule has 112 valence electrons. The van der Waals surface area contributed by atoms with Crippen molar-refractivity contribution in [2.24, 2.45) is 0 Å². The van der Waals surface area contributed by atoms with Crippen molar-refractivity contribution in [2.45, 2.75) is 46.2 Å². The first-order valence-corrected chi connectivity index (χ1v) is 7.55. The van der Waals surface area contributed by atoms with Crippen LogP contribution < -0.4 is 4.90 Å². The molecule has 0 saturated carbocycles. The lowest BCUT2D eigenvalue weighted by Crippen LogP contribution is -2.34. The van der Waals surface area contributed by atoms with E-state index in [9.17, 15) is 0 Å². The summed E-state index contributed by atoms with van der Waals surface area (Å²) in [6.07, 6.45) is 2.94. The summed E-state index contributed by atoms with van der Waals surface area (Å²) in [5, 5.41) is 5.06. The van der Waals surface area contributed by atoms with Crippen molar-refractivity contribution in [3.63, 3.8) is 0 Å². The zero-order chi connectivity index (χ0) is 15.2. The van der Waals surface area contributed by atoms with Crippen LogP contribution in [-0.4, -0.2) is 26.3 Å². The molecule has 2 aromatic rings.